The summed E-state index contributed by atoms with van der Waals surface area (Å²) < 4.78 is 0. The minimum atomic E-state index is -0.0714. The number of carbonyl (C=O) groups is 1. The molecule has 1 aromatic carbocycles. The lowest BCUT2D eigenvalue weighted by Gasteiger charge is -2.36. The third-order valence-electron chi connectivity index (χ3n) is 4.38. The molecule has 2 atom stereocenters. The number of anilines is 1. The minimum absolute atomic E-state index is 0.0714. The number of amides is 1. The fourth-order valence-electron chi connectivity index (χ4n) is 2.81. The summed E-state index contributed by atoms with van der Waals surface area (Å²) in [5.74, 6) is 1.12. The first-order valence-corrected chi connectivity index (χ1v) is 8.43. The molecule has 1 amide bonds. The lowest BCUT2D eigenvalue weighted by molar-refractivity contribution is -0.116. The van der Waals surface area contributed by atoms with Crippen LogP contribution in [-0.4, -0.2) is 37.0 Å². The predicted molar refractivity (Wildman–Crippen MR) is 92.5 cm³/mol. The van der Waals surface area contributed by atoms with E-state index in [1.807, 2.05) is 0 Å². The largest absolute Gasteiger partial charge is 0.330 e. The first-order chi connectivity index (χ1) is 10.5. The summed E-state index contributed by atoms with van der Waals surface area (Å²) in [6.45, 7) is 5.69. The van der Waals surface area contributed by atoms with Gasteiger partial charge in [-0.1, -0.05) is 36.2 Å². The Kier molecular flexibility index (Phi) is 6.50. The number of rotatable bonds is 5. The molecule has 2 rings (SSSR count). The molecule has 0 saturated carbocycles. The van der Waals surface area contributed by atoms with Crippen molar-refractivity contribution < 1.29 is 4.79 Å². The maximum atomic E-state index is 12.1. The molecule has 1 aliphatic heterocycles. The summed E-state index contributed by atoms with van der Waals surface area (Å²) in [5.41, 5.74) is 6.30. The Labute approximate surface area is 141 Å². The molecule has 6 heteroatoms. The normalized spacial score (nSPS) is 22.5. The Morgan fingerprint density at radius 3 is 2.73 bits per heavy atom. The van der Waals surface area contributed by atoms with E-state index in [1.54, 1.807) is 18.2 Å². The number of hydrogen-bond donors (Lipinski definition) is 2. The minimum Gasteiger partial charge on any atom is -0.330 e. The number of piperidine rings is 1. The second-order valence-corrected chi connectivity index (χ2v) is 6.77. The second kappa shape index (κ2) is 8.16. The van der Waals surface area contributed by atoms with E-state index in [9.17, 15) is 4.79 Å². The molecule has 2 unspecified atom stereocenters. The van der Waals surface area contributed by atoms with Crippen LogP contribution in [0.3, 0.4) is 0 Å². The summed E-state index contributed by atoms with van der Waals surface area (Å²) >= 11 is 12.1. The molecule has 1 heterocycles. The number of benzene rings is 1. The van der Waals surface area contributed by atoms with Crippen molar-refractivity contribution in [3.63, 3.8) is 0 Å². The van der Waals surface area contributed by atoms with Gasteiger partial charge in [-0.3, -0.25) is 4.79 Å². The van der Waals surface area contributed by atoms with Crippen molar-refractivity contribution in [1.29, 1.82) is 0 Å². The number of hydrogen-bond acceptors (Lipinski definition) is 3. The number of nitrogens with zero attached hydrogens (tertiary/aromatic N) is 1. The van der Waals surface area contributed by atoms with Gasteiger partial charge in [0.05, 0.1) is 15.7 Å². The predicted octanol–water partition coefficient (Wildman–Crippen LogP) is 3.24. The van der Waals surface area contributed by atoms with Gasteiger partial charge in [0, 0.05) is 19.5 Å². The van der Waals surface area contributed by atoms with Crippen molar-refractivity contribution in [2.45, 2.75) is 19.8 Å². The lowest BCUT2D eigenvalue weighted by Crippen LogP contribution is -2.43. The molecule has 3 N–H and O–H groups in total. The van der Waals surface area contributed by atoms with Crippen LogP contribution in [0.4, 0.5) is 5.69 Å². The summed E-state index contributed by atoms with van der Waals surface area (Å²) in [5, 5.41) is 3.71. The summed E-state index contributed by atoms with van der Waals surface area (Å²) in [6, 6.07) is 5.17. The summed E-state index contributed by atoms with van der Waals surface area (Å²) in [6.07, 6.45) is 1.56. The summed E-state index contributed by atoms with van der Waals surface area (Å²) in [7, 11) is 0. The highest BCUT2D eigenvalue weighted by Gasteiger charge is 2.25. The van der Waals surface area contributed by atoms with Gasteiger partial charge in [-0.25, -0.2) is 0 Å². The van der Waals surface area contributed by atoms with Crippen molar-refractivity contribution in [3.05, 3.63) is 28.2 Å². The second-order valence-electron chi connectivity index (χ2n) is 5.96. The number of nitrogens with one attached hydrogen (secondary N) is 1. The number of halogens is 2. The van der Waals surface area contributed by atoms with Gasteiger partial charge >= 0.3 is 0 Å². The fourth-order valence-corrected chi connectivity index (χ4v) is 3.31. The first kappa shape index (κ1) is 17.5. The van der Waals surface area contributed by atoms with Crippen molar-refractivity contribution in [2.24, 2.45) is 17.6 Å². The smallest absolute Gasteiger partial charge is 0.225 e. The third kappa shape index (κ3) is 4.59. The van der Waals surface area contributed by atoms with Gasteiger partial charge in [-0.2, -0.15) is 0 Å². The van der Waals surface area contributed by atoms with Gasteiger partial charge in [0.2, 0.25) is 5.91 Å². The Balaban J connectivity index is 1.83. The molecule has 1 fully saturated rings. The van der Waals surface area contributed by atoms with E-state index in [-0.39, 0.29) is 5.91 Å². The molecule has 1 aliphatic rings. The third-order valence-corrected chi connectivity index (χ3v) is 5.01. The zero-order valence-corrected chi connectivity index (χ0v) is 14.3. The molecule has 0 spiro atoms. The van der Waals surface area contributed by atoms with E-state index in [0.717, 1.165) is 26.1 Å². The van der Waals surface area contributed by atoms with Gasteiger partial charge in [-0.05, 0) is 43.5 Å². The standard InChI is InChI=1S/C16H23Cl2N3O/c1-11-5-7-21(10-12(11)9-19)8-6-15(22)20-16-13(17)3-2-4-14(16)18/h2-4,11-12H,5-10,19H2,1H3,(H,20,22). The van der Waals surface area contributed by atoms with Crippen LogP contribution < -0.4 is 11.1 Å². The highest BCUT2D eigenvalue weighted by atomic mass is 35.5. The number of nitrogens with two attached hydrogens (primary N) is 1. The Hall–Kier alpha value is -0.810. The molecular formula is C16H23Cl2N3O. The average Bonchev–Trinajstić information content (AvgIpc) is 2.50. The highest BCUT2D eigenvalue weighted by Crippen LogP contribution is 2.30. The van der Waals surface area contributed by atoms with E-state index >= 15 is 0 Å². The van der Waals surface area contributed by atoms with E-state index in [4.69, 9.17) is 28.9 Å². The Bertz CT molecular complexity index is 504. The van der Waals surface area contributed by atoms with Crippen LogP contribution in [-0.2, 0) is 4.79 Å². The Morgan fingerprint density at radius 1 is 1.41 bits per heavy atom. The molecule has 22 heavy (non-hydrogen) atoms. The zero-order valence-electron chi connectivity index (χ0n) is 12.8. The molecule has 0 radical (unpaired) electrons. The SMILES string of the molecule is CC1CCN(CCC(=O)Nc2c(Cl)cccc2Cl)CC1CN. The maximum absolute atomic E-state index is 12.1. The van der Waals surface area contributed by atoms with Crippen LogP contribution in [0.1, 0.15) is 19.8 Å². The molecular weight excluding hydrogens is 321 g/mol. The number of para-hydroxylation sites is 1. The van der Waals surface area contributed by atoms with Gasteiger partial charge in [0.25, 0.3) is 0 Å². The molecule has 4 nitrogen and oxygen atoms in total. The topological polar surface area (TPSA) is 58.4 Å². The van der Waals surface area contributed by atoms with E-state index in [0.29, 0.717) is 40.5 Å². The van der Waals surface area contributed by atoms with Crippen molar-refractivity contribution in [1.82, 2.24) is 4.90 Å². The van der Waals surface area contributed by atoms with Gasteiger partial charge in [0.15, 0.2) is 0 Å². The van der Waals surface area contributed by atoms with Crippen LogP contribution in [0.2, 0.25) is 10.0 Å². The monoisotopic (exact) mass is 343 g/mol. The molecule has 1 aromatic rings. The van der Waals surface area contributed by atoms with E-state index < -0.39 is 0 Å². The van der Waals surface area contributed by atoms with Gasteiger partial charge in [0.1, 0.15) is 0 Å². The molecule has 0 bridgehead atoms. The molecule has 122 valence electrons. The first-order valence-electron chi connectivity index (χ1n) is 7.67. The van der Waals surface area contributed by atoms with E-state index in [1.165, 1.54) is 0 Å². The summed E-state index contributed by atoms with van der Waals surface area (Å²) in [4.78, 5) is 14.4. The van der Waals surface area contributed by atoms with Crippen LogP contribution >= 0.6 is 23.2 Å². The van der Waals surface area contributed by atoms with Crippen molar-refractivity contribution >= 4 is 34.8 Å². The van der Waals surface area contributed by atoms with Crippen LogP contribution in [0.15, 0.2) is 18.2 Å². The number of carbonyl (C=O) groups excluding carboxylic acids is 1. The zero-order chi connectivity index (χ0) is 16.1. The van der Waals surface area contributed by atoms with Crippen LogP contribution in [0, 0.1) is 11.8 Å². The van der Waals surface area contributed by atoms with Crippen molar-refractivity contribution in [2.75, 3.05) is 31.5 Å². The quantitative estimate of drug-likeness (QED) is 0.862. The maximum Gasteiger partial charge on any atom is 0.225 e. The van der Waals surface area contributed by atoms with Gasteiger partial charge < -0.3 is 16.0 Å². The fraction of sp³-hybridized carbons (Fsp3) is 0.562. The van der Waals surface area contributed by atoms with Crippen molar-refractivity contribution in [3.8, 4) is 0 Å². The average molecular weight is 344 g/mol. The number of likely N-dealkylation sites (tertiary alicyclic amines) is 1. The molecule has 0 aliphatic carbocycles. The van der Waals surface area contributed by atoms with Crippen LogP contribution in [0.5, 0.6) is 0 Å². The van der Waals surface area contributed by atoms with Gasteiger partial charge in [-0.15, -0.1) is 0 Å². The lowest BCUT2D eigenvalue weighted by atomic mass is 9.87. The van der Waals surface area contributed by atoms with Crippen LogP contribution in [0.25, 0.3) is 0 Å². The highest BCUT2D eigenvalue weighted by molar-refractivity contribution is 6.39. The van der Waals surface area contributed by atoms with E-state index in [2.05, 4.69) is 17.1 Å². The molecule has 1 saturated heterocycles. The Morgan fingerprint density at radius 2 is 2.09 bits per heavy atom. The molecule has 0 aromatic heterocycles.